The average molecular weight is 397 g/mol. The summed E-state index contributed by atoms with van der Waals surface area (Å²) in [6.45, 7) is 0. The molecule has 140 valence electrons. The lowest BCUT2D eigenvalue weighted by atomic mass is 10.1. The van der Waals surface area contributed by atoms with Gasteiger partial charge in [0.2, 0.25) is 0 Å². The number of aromatic nitrogens is 3. The molecule has 0 aliphatic heterocycles. The summed E-state index contributed by atoms with van der Waals surface area (Å²) in [6, 6.07) is 25.1. The molecule has 0 aliphatic rings. The summed E-state index contributed by atoms with van der Waals surface area (Å²) >= 11 is 1.73. The normalized spacial score (nSPS) is 11.1. The van der Waals surface area contributed by atoms with Crippen molar-refractivity contribution in [3.05, 3.63) is 103 Å². The zero-order chi connectivity index (χ0) is 19.6. The van der Waals surface area contributed by atoms with E-state index in [1.54, 1.807) is 34.6 Å². The van der Waals surface area contributed by atoms with Crippen LogP contribution in [-0.4, -0.2) is 14.6 Å². The third-order valence-corrected chi connectivity index (χ3v) is 5.69. The van der Waals surface area contributed by atoms with Gasteiger partial charge in [0.05, 0.1) is 6.20 Å². The van der Waals surface area contributed by atoms with Crippen molar-refractivity contribution in [2.45, 2.75) is 9.79 Å². The number of halogens is 1. The zero-order valence-corrected chi connectivity index (χ0v) is 16.2. The van der Waals surface area contributed by atoms with Gasteiger partial charge >= 0.3 is 0 Å². The van der Waals surface area contributed by atoms with Gasteiger partial charge in [0.1, 0.15) is 5.82 Å². The average Bonchev–Trinajstić information content (AvgIpc) is 3.19. The molecule has 0 atom stereocenters. The summed E-state index contributed by atoms with van der Waals surface area (Å²) in [5, 5.41) is 4.46. The van der Waals surface area contributed by atoms with Crippen LogP contribution < -0.4 is 0 Å². The molecule has 0 saturated carbocycles. The standard InChI is InChI=1S/C24H16FN3S/c25-20-10-6-17(7-11-20)19-14-26-24-23(15-27-28(24)16-19)18-8-12-22(13-9-18)29-21-4-2-1-3-5-21/h1-16H. The van der Waals surface area contributed by atoms with E-state index in [0.29, 0.717) is 0 Å². The molecule has 5 heteroatoms. The lowest BCUT2D eigenvalue weighted by Crippen LogP contribution is -1.92. The van der Waals surface area contributed by atoms with Gasteiger partial charge in [0.25, 0.3) is 0 Å². The Bertz CT molecular complexity index is 1260. The second-order valence-electron chi connectivity index (χ2n) is 6.62. The minimum Gasteiger partial charge on any atom is -0.236 e. The van der Waals surface area contributed by atoms with Crippen LogP contribution in [0, 0.1) is 5.82 Å². The topological polar surface area (TPSA) is 30.2 Å². The van der Waals surface area contributed by atoms with Crippen LogP contribution in [0.4, 0.5) is 4.39 Å². The molecule has 0 N–H and O–H groups in total. The Kier molecular flexibility index (Phi) is 4.58. The van der Waals surface area contributed by atoms with Crippen molar-refractivity contribution in [3.8, 4) is 22.3 Å². The first-order valence-electron chi connectivity index (χ1n) is 9.19. The van der Waals surface area contributed by atoms with Crippen LogP contribution in [0.1, 0.15) is 0 Å². The van der Waals surface area contributed by atoms with Crippen molar-refractivity contribution in [3.63, 3.8) is 0 Å². The smallest absolute Gasteiger partial charge is 0.162 e. The molecule has 0 aliphatic carbocycles. The fraction of sp³-hybridized carbons (Fsp3) is 0. The van der Waals surface area contributed by atoms with Crippen molar-refractivity contribution >= 4 is 17.4 Å². The monoisotopic (exact) mass is 397 g/mol. The fourth-order valence-corrected chi connectivity index (χ4v) is 4.03. The van der Waals surface area contributed by atoms with Gasteiger partial charge in [-0.2, -0.15) is 5.10 Å². The molecule has 5 aromatic rings. The Morgan fingerprint density at radius 1 is 0.690 bits per heavy atom. The van der Waals surface area contributed by atoms with Gasteiger partial charge in [-0.1, -0.05) is 54.2 Å². The number of rotatable bonds is 4. The minimum atomic E-state index is -0.252. The van der Waals surface area contributed by atoms with Crippen molar-refractivity contribution < 1.29 is 4.39 Å². The van der Waals surface area contributed by atoms with E-state index in [-0.39, 0.29) is 5.82 Å². The molecule has 0 saturated heterocycles. The summed E-state index contributed by atoms with van der Waals surface area (Å²) in [6.07, 6.45) is 5.54. The van der Waals surface area contributed by atoms with Crippen molar-refractivity contribution in [1.82, 2.24) is 14.6 Å². The summed E-state index contributed by atoms with van der Waals surface area (Å²) in [4.78, 5) is 7.01. The molecule has 3 aromatic carbocycles. The van der Waals surface area contributed by atoms with Crippen LogP contribution in [0.5, 0.6) is 0 Å². The van der Waals surface area contributed by atoms with E-state index >= 15 is 0 Å². The number of nitrogens with zero attached hydrogens (tertiary/aromatic N) is 3. The third-order valence-electron chi connectivity index (χ3n) is 4.68. The summed E-state index contributed by atoms with van der Waals surface area (Å²) in [7, 11) is 0. The van der Waals surface area contributed by atoms with Gasteiger partial charge in [0.15, 0.2) is 5.65 Å². The van der Waals surface area contributed by atoms with Crippen molar-refractivity contribution in [1.29, 1.82) is 0 Å². The van der Waals surface area contributed by atoms with Gasteiger partial charge in [0, 0.05) is 33.3 Å². The van der Waals surface area contributed by atoms with E-state index in [0.717, 1.165) is 27.9 Å². The predicted octanol–water partition coefficient (Wildman–Crippen LogP) is 6.35. The summed E-state index contributed by atoms with van der Waals surface area (Å²) in [5.41, 5.74) is 4.63. The number of hydrogen-bond donors (Lipinski definition) is 0. The molecule has 5 rings (SSSR count). The van der Waals surface area contributed by atoms with Crippen LogP contribution >= 0.6 is 11.8 Å². The van der Waals surface area contributed by atoms with Crippen LogP contribution in [-0.2, 0) is 0 Å². The Hall–Kier alpha value is -3.44. The Balaban J connectivity index is 1.43. The highest BCUT2D eigenvalue weighted by Gasteiger charge is 2.10. The molecule has 0 spiro atoms. The largest absolute Gasteiger partial charge is 0.236 e. The summed E-state index contributed by atoms with van der Waals surface area (Å²) in [5.74, 6) is -0.252. The maximum atomic E-state index is 13.2. The zero-order valence-electron chi connectivity index (χ0n) is 15.4. The predicted molar refractivity (Wildman–Crippen MR) is 114 cm³/mol. The van der Waals surface area contributed by atoms with Crippen LogP contribution in [0.3, 0.4) is 0 Å². The third kappa shape index (κ3) is 3.65. The molecule has 0 bridgehead atoms. The molecule has 29 heavy (non-hydrogen) atoms. The molecular weight excluding hydrogens is 381 g/mol. The van der Waals surface area contributed by atoms with E-state index in [4.69, 9.17) is 0 Å². The maximum Gasteiger partial charge on any atom is 0.162 e. The second kappa shape index (κ2) is 7.53. The molecule has 0 radical (unpaired) electrons. The quantitative estimate of drug-likeness (QED) is 0.354. The van der Waals surface area contributed by atoms with Crippen molar-refractivity contribution in [2.24, 2.45) is 0 Å². The fourth-order valence-electron chi connectivity index (χ4n) is 3.20. The molecule has 0 unspecified atom stereocenters. The Morgan fingerprint density at radius 3 is 2.14 bits per heavy atom. The van der Waals surface area contributed by atoms with E-state index in [9.17, 15) is 4.39 Å². The number of fused-ring (bicyclic) bond motifs is 1. The first-order valence-corrected chi connectivity index (χ1v) is 10.0. The van der Waals surface area contributed by atoms with Gasteiger partial charge < -0.3 is 0 Å². The Morgan fingerprint density at radius 2 is 1.38 bits per heavy atom. The minimum absolute atomic E-state index is 0.252. The lowest BCUT2D eigenvalue weighted by Gasteiger charge is -2.05. The lowest BCUT2D eigenvalue weighted by molar-refractivity contribution is 0.628. The van der Waals surface area contributed by atoms with Gasteiger partial charge in [-0.05, 0) is 47.5 Å². The summed E-state index contributed by atoms with van der Waals surface area (Å²) < 4.78 is 14.9. The first kappa shape index (κ1) is 17.6. The second-order valence-corrected chi connectivity index (χ2v) is 7.76. The van der Waals surface area contributed by atoms with E-state index < -0.39 is 0 Å². The Labute approximate surface area is 171 Å². The number of benzene rings is 3. The molecule has 2 aromatic heterocycles. The highest BCUT2D eigenvalue weighted by Crippen LogP contribution is 2.31. The maximum absolute atomic E-state index is 13.2. The van der Waals surface area contributed by atoms with Gasteiger partial charge in [-0.3, -0.25) is 0 Å². The van der Waals surface area contributed by atoms with Crippen LogP contribution in [0.15, 0.2) is 107 Å². The highest BCUT2D eigenvalue weighted by atomic mass is 32.2. The van der Waals surface area contributed by atoms with Crippen LogP contribution in [0.2, 0.25) is 0 Å². The molecule has 0 amide bonds. The number of hydrogen-bond acceptors (Lipinski definition) is 3. The van der Waals surface area contributed by atoms with E-state index in [2.05, 4.69) is 46.5 Å². The van der Waals surface area contributed by atoms with E-state index in [1.807, 2.05) is 30.6 Å². The van der Waals surface area contributed by atoms with Gasteiger partial charge in [-0.25, -0.2) is 13.9 Å². The van der Waals surface area contributed by atoms with Crippen LogP contribution in [0.25, 0.3) is 27.9 Å². The molecule has 3 nitrogen and oxygen atoms in total. The molecule has 2 heterocycles. The molecule has 0 fully saturated rings. The van der Waals surface area contributed by atoms with Gasteiger partial charge in [-0.15, -0.1) is 0 Å². The van der Waals surface area contributed by atoms with E-state index in [1.165, 1.54) is 21.9 Å². The van der Waals surface area contributed by atoms with Crippen molar-refractivity contribution in [2.75, 3.05) is 0 Å². The SMILES string of the molecule is Fc1ccc(-c2cnc3c(-c4ccc(Sc5ccccc5)cc4)cnn3c2)cc1. The highest BCUT2D eigenvalue weighted by molar-refractivity contribution is 7.99. The first-order chi connectivity index (χ1) is 14.3. The molecular formula is C24H16FN3S.